The molecule has 4 aromatic carbocycles. The zero-order valence-electron chi connectivity index (χ0n) is 19.7. The minimum absolute atomic E-state index is 0.646. The molecule has 4 aromatic rings. The molecule has 0 saturated heterocycles. The average molecular weight is 460 g/mol. The molecule has 4 heteroatoms. The van der Waals surface area contributed by atoms with Gasteiger partial charge in [-0.25, -0.2) is 0 Å². The van der Waals surface area contributed by atoms with Crippen LogP contribution in [0.3, 0.4) is 0 Å². The number of rotatable bonds is 9. The van der Waals surface area contributed by atoms with Crippen LogP contribution in [0.25, 0.3) is 5.57 Å². The van der Waals surface area contributed by atoms with Crippen LogP contribution in [0.15, 0.2) is 128 Å². The summed E-state index contributed by atoms with van der Waals surface area (Å²) in [5.74, 6) is 1.34. The van der Waals surface area contributed by atoms with Gasteiger partial charge in [0.15, 0.2) is 5.75 Å². The first kappa shape index (κ1) is 23.5. The number of hydrogen-bond donors (Lipinski definition) is 3. The number of ether oxygens (including phenoxy) is 1. The predicted octanol–water partition coefficient (Wildman–Crippen LogP) is 8.69. The van der Waals surface area contributed by atoms with Gasteiger partial charge in [0.05, 0.1) is 5.69 Å². The molecule has 0 spiro atoms. The van der Waals surface area contributed by atoms with Crippen molar-refractivity contribution >= 4 is 34.0 Å². The maximum atomic E-state index is 6.27. The number of benzene rings is 4. The molecular weight excluding hydrogens is 430 g/mol. The summed E-state index contributed by atoms with van der Waals surface area (Å²) in [5, 5.41) is 6.99. The van der Waals surface area contributed by atoms with Gasteiger partial charge in [-0.3, -0.25) is 0 Å². The van der Waals surface area contributed by atoms with Gasteiger partial charge in [0.2, 0.25) is 0 Å². The molecule has 0 unspecified atom stereocenters. The summed E-state index contributed by atoms with van der Waals surface area (Å²) in [4.78, 5) is 0. The van der Waals surface area contributed by atoms with Crippen molar-refractivity contribution in [1.82, 2.24) is 0 Å². The zero-order valence-corrected chi connectivity index (χ0v) is 19.7. The summed E-state index contributed by atoms with van der Waals surface area (Å²) in [6.45, 7) is 5.98. The molecule has 4 nitrogen and oxygen atoms in total. The van der Waals surface area contributed by atoms with Crippen molar-refractivity contribution in [2.24, 2.45) is 0 Å². The van der Waals surface area contributed by atoms with Gasteiger partial charge in [-0.2, -0.15) is 0 Å². The second-order valence-corrected chi connectivity index (χ2v) is 7.90. The first-order valence-corrected chi connectivity index (χ1v) is 11.5. The first-order chi connectivity index (χ1) is 17.2. The van der Waals surface area contributed by atoms with Gasteiger partial charge < -0.3 is 21.1 Å². The first-order valence-electron chi connectivity index (χ1n) is 11.5. The molecule has 0 aliphatic rings. The van der Waals surface area contributed by atoms with Crippen LogP contribution in [-0.2, 0) is 0 Å². The Morgan fingerprint density at radius 2 is 1.57 bits per heavy atom. The number of nitrogens with two attached hydrogens (primary N) is 1. The Hall–Kier alpha value is -4.70. The van der Waals surface area contributed by atoms with Gasteiger partial charge in [-0.15, -0.1) is 0 Å². The summed E-state index contributed by atoms with van der Waals surface area (Å²) >= 11 is 0. The third-order valence-corrected chi connectivity index (χ3v) is 5.33. The maximum Gasteiger partial charge on any atom is 0.152 e. The van der Waals surface area contributed by atoms with E-state index in [0.29, 0.717) is 17.2 Å². The molecule has 0 heterocycles. The van der Waals surface area contributed by atoms with Crippen LogP contribution in [0.4, 0.5) is 28.4 Å². The van der Waals surface area contributed by atoms with Crippen LogP contribution < -0.4 is 21.1 Å². The van der Waals surface area contributed by atoms with E-state index in [1.807, 2.05) is 110 Å². The van der Waals surface area contributed by atoms with Crippen LogP contribution >= 0.6 is 0 Å². The third-order valence-electron chi connectivity index (χ3n) is 5.33. The highest BCUT2D eigenvalue weighted by atomic mass is 16.5. The zero-order chi connectivity index (χ0) is 24.5. The van der Waals surface area contributed by atoms with Crippen molar-refractivity contribution in [3.8, 4) is 11.5 Å². The van der Waals surface area contributed by atoms with Crippen molar-refractivity contribution in [1.29, 1.82) is 0 Å². The van der Waals surface area contributed by atoms with Crippen LogP contribution in [-0.4, -0.2) is 0 Å². The summed E-state index contributed by atoms with van der Waals surface area (Å²) in [6.07, 6.45) is 7.92. The van der Waals surface area contributed by atoms with Crippen LogP contribution in [0, 0.1) is 0 Å². The van der Waals surface area contributed by atoms with E-state index in [4.69, 9.17) is 10.5 Å². The fraction of sp³-hybridized carbons (Fsp3) is 0.0323. The van der Waals surface area contributed by atoms with E-state index in [1.54, 1.807) is 0 Å². The number of nitrogens with one attached hydrogen (secondary N) is 2. The lowest BCUT2D eigenvalue weighted by Gasteiger charge is -2.17. The smallest absolute Gasteiger partial charge is 0.152 e. The standard InChI is InChI=1S/C31H29N3O/c1-3-5-12-23(4-2)28-17-9-10-18-29(28)34-26-19-20-30(33-25-14-7-6-8-15-25)31(22-26)35-27-16-11-13-24(32)21-27/h3-22,33-34H,2,32H2,1H3/b5-3-,23-12+. The Morgan fingerprint density at radius 1 is 0.800 bits per heavy atom. The highest BCUT2D eigenvalue weighted by Crippen LogP contribution is 2.36. The van der Waals surface area contributed by atoms with Gasteiger partial charge in [0.25, 0.3) is 0 Å². The summed E-state index contributed by atoms with van der Waals surface area (Å²) < 4.78 is 6.27. The van der Waals surface area contributed by atoms with Crippen molar-refractivity contribution in [2.75, 3.05) is 16.4 Å². The topological polar surface area (TPSA) is 59.3 Å². The van der Waals surface area contributed by atoms with E-state index in [2.05, 4.69) is 35.4 Å². The Balaban J connectivity index is 1.70. The van der Waals surface area contributed by atoms with Crippen molar-refractivity contribution in [3.05, 3.63) is 134 Å². The second-order valence-electron chi connectivity index (χ2n) is 7.90. The highest BCUT2D eigenvalue weighted by Gasteiger charge is 2.10. The molecule has 0 aromatic heterocycles. The average Bonchev–Trinajstić information content (AvgIpc) is 2.87. The molecule has 0 aliphatic heterocycles. The summed E-state index contributed by atoms with van der Waals surface area (Å²) in [6, 6.07) is 31.6. The number of para-hydroxylation sites is 2. The molecule has 0 atom stereocenters. The molecule has 35 heavy (non-hydrogen) atoms. The van der Waals surface area contributed by atoms with Crippen molar-refractivity contribution < 1.29 is 4.74 Å². The van der Waals surface area contributed by atoms with E-state index in [9.17, 15) is 0 Å². The summed E-state index contributed by atoms with van der Waals surface area (Å²) in [7, 11) is 0. The molecule has 174 valence electrons. The van der Waals surface area contributed by atoms with Crippen LogP contribution in [0.1, 0.15) is 12.5 Å². The monoisotopic (exact) mass is 459 g/mol. The SMILES string of the molecule is C=C/C(=C\C=C/C)c1ccccc1Nc1ccc(Nc2ccccc2)c(Oc2cccc(N)c2)c1. The molecule has 0 radical (unpaired) electrons. The van der Waals surface area contributed by atoms with Gasteiger partial charge in [-0.1, -0.05) is 73.3 Å². The minimum atomic E-state index is 0.646. The molecular formula is C31H29N3O. The van der Waals surface area contributed by atoms with E-state index in [1.165, 1.54) is 0 Å². The van der Waals surface area contributed by atoms with Crippen molar-refractivity contribution in [3.63, 3.8) is 0 Å². The van der Waals surface area contributed by atoms with Crippen molar-refractivity contribution in [2.45, 2.75) is 6.92 Å². The van der Waals surface area contributed by atoms with Gasteiger partial charge in [0, 0.05) is 40.4 Å². The second kappa shape index (κ2) is 11.4. The van der Waals surface area contributed by atoms with Crippen LogP contribution in [0.5, 0.6) is 11.5 Å². The lowest BCUT2D eigenvalue weighted by atomic mass is 10.0. The molecule has 0 saturated carbocycles. The fourth-order valence-electron chi connectivity index (χ4n) is 3.64. The molecule has 0 fully saturated rings. The van der Waals surface area contributed by atoms with E-state index >= 15 is 0 Å². The number of nitrogen functional groups attached to an aromatic ring is 1. The highest BCUT2D eigenvalue weighted by molar-refractivity contribution is 5.85. The molecule has 4 rings (SSSR count). The predicted molar refractivity (Wildman–Crippen MR) is 150 cm³/mol. The van der Waals surface area contributed by atoms with Crippen LogP contribution in [0.2, 0.25) is 0 Å². The lowest BCUT2D eigenvalue weighted by molar-refractivity contribution is 0.485. The molecule has 0 aliphatic carbocycles. The van der Waals surface area contributed by atoms with E-state index in [-0.39, 0.29) is 0 Å². The Morgan fingerprint density at radius 3 is 2.34 bits per heavy atom. The third kappa shape index (κ3) is 6.21. The normalized spacial score (nSPS) is 11.3. The Bertz CT molecular complexity index is 1360. The Kier molecular flexibility index (Phi) is 7.66. The van der Waals surface area contributed by atoms with Gasteiger partial charge in [0.1, 0.15) is 5.75 Å². The molecule has 0 bridgehead atoms. The Labute approximate surface area is 207 Å². The lowest BCUT2D eigenvalue weighted by Crippen LogP contribution is -1.98. The van der Waals surface area contributed by atoms with Gasteiger partial charge in [-0.05, 0) is 55.0 Å². The summed E-state index contributed by atoms with van der Waals surface area (Å²) in [5.41, 5.74) is 12.4. The number of allylic oxidation sites excluding steroid dienone is 5. The minimum Gasteiger partial charge on any atom is -0.455 e. The molecule has 4 N–H and O–H groups in total. The van der Waals surface area contributed by atoms with Gasteiger partial charge >= 0.3 is 0 Å². The number of anilines is 5. The number of hydrogen-bond acceptors (Lipinski definition) is 4. The fourth-order valence-corrected chi connectivity index (χ4v) is 3.64. The molecule has 0 amide bonds. The van der Waals surface area contributed by atoms with E-state index in [0.717, 1.165) is 33.9 Å². The quantitative estimate of drug-likeness (QED) is 0.173. The largest absolute Gasteiger partial charge is 0.455 e. The van der Waals surface area contributed by atoms with E-state index < -0.39 is 0 Å². The maximum absolute atomic E-state index is 6.27.